The Morgan fingerprint density at radius 3 is 2.46 bits per heavy atom. The molecule has 0 aliphatic carbocycles. The molecule has 1 unspecified atom stereocenters. The number of aliphatic hydroxyl groups is 1. The van der Waals surface area contributed by atoms with E-state index in [0.29, 0.717) is 18.1 Å². The van der Waals surface area contributed by atoms with E-state index >= 15 is 0 Å². The van der Waals surface area contributed by atoms with Crippen molar-refractivity contribution >= 4 is 23.6 Å². The molecule has 1 rings (SSSR count). The second kappa shape index (κ2) is 4.62. The highest BCUT2D eigenvalue weighted by Crippen LogP contribution is 2.13. The van der Waals surface area contributed by atoms with E-state index in [1.54, 1.807) is 0 Å². The van der Waals surface area contributed by atoms with Gasteiger partial charge in [-0.1, -0.05) is 6.92 Å². The lowest BCUT2D eigenvalue weighted by atomic mass is 10.2. The summed E-state index contributed by atoms with van der Waals surface area (Å²) in [5, 5.41) is 8.78. The Labute approximate surface area is 81.3 Å². The summed E-state index contributed by atoms with van der Waals surface area (Å²) >= 11 is 1.35. The van der Waals surface area contributed by atoms with Crippen molar-refractivity contribution in [3.05, 3.63) is 0 Å². The molecule has 0 aromatic carbocycles. The van der Waals surface area contributed by atoms with E-state index in [1.165, 1.54) is 16.7 Å². The zero-order chi connectivity index (χ0) is 9.84. The van der Waals surface area contributed by atoms with Crippen molar-refractivity contribution in [3.8, 4) is 0 Å². The topological polar surface area (TPSA) is 57.6 Å². The standard InChI is InChI=1S/C8H13NO3S/c1-6(3-10)2-9-7(11)4-13-5-8(9)12/h6,10H,2-5H2,1H3. The lowest BCUT2D eigenvalue weighted by molar-refractivity contribution is -0.143. The van der Waals surface area contributed by atoms with Crippen LogP contribution >= 0.6 is 11.8 Å². The summed E-state index contributed by atoms with van der Waals surface area (Å²) in [5.74, 6) is 0.451. The van der Waals surface area contributed by atoms with E-state index in [1.807, 2.05) is 6.92 Å². The minimum Gasteiger partial charge on any atom is -0.396 e. The first-order valence-electron chi connectivity index (χ1n) is 4.17. The average Bonchev–Trinajstić information content (AvgIpc) is 2.11. The van der Waals surface area contributed by atoms with Gasteiger partial charge in [0, 0.05) is 13.2 Å². The van der Waals surface area contributed by atoms with Gasteiger partial charge in [0.25, 0.3) is 0 Å². The monoisotopic (exact) mass is 203 g/mol. The lowest BCUT2D eigenvalue weighted by Crippen LogP contribution is -2.45. The number of nitrogens with zero attached hydrogens (tertiary/aromatic N) is 1. The van der Waals surface area contributed by atoms with E-state index < -0.39 is 0 Å². The predicted molar refractivity (Wildman–Crippen MR) is 50.3 cm³/mol. The molecule has 1 N–H and O–H groups in total. The van der Waals surface area contributed by atoms with Crippen LogP contribution < -0.4 is 0 Å². The summed E-state index contributed by atoms with van der Waals surface area (Å²) in [6.45, 7) is 2.15. The number of carbonyl (C=O) groups is 2. The summed E-state index contributed by atoms with van der Waals surface area (Å²) in [4.78, 5) is 23.8. The quantitative estimate of drug-likeness (QED) is 0.641. The minimum absolute atomic E-state index is 0.00417. The van der Waals surface area contributed by atoms with E-state index in [4.69, 9.17) is 5.11 Å². The highest BCUT2D eigenvalue weighted by Gasteiger charge is 2.27. The lowest BCUT2D eigenvalue weighted by Gasteiger charge is -2.26. The maximum atomic E-state index is 11.3. The Morgan fingerprint density at radius 2 is 2.00 bits per heavy atom. The molecule has 0 aromatic rings. The van der Waals surface area contributed by atoms with Gasteiger partial charge in [-0.3, -0.25) is 14.5 Å². The highest BCUT2D eigenvalue weighted by molar-refractivity contribution is 8.00. The first kappa shape index (κ1) is 10.5. The molecule has 0 aromatic heterocycles. The van der Waals surface area contributed by atoms with E-state index in [-0.39, 0.29) is 24.3 Å². The molecule has 1 atom stereocenters. The van der Waals surface area contributed by atoms with Crippen LogP contribution in [0.15, 0.2) is 0 Å². The van der Waals surface area contributed by atoms with Crippen molar-refractivity contribution in [3.63, 3.8) is 0 Å². The van der Waals surface area contributed by atoms with Gasteiger partial charge in [-0.2, -0.15) is 0 Å². The molecule has 0 saturated carbocycles. The number of imide groups is 1. The van der Waals surface area contributed by atoms with Crippen LogP contribution in [0.5, 0.6) is 0 Å². The second-order valence-electron chi connectivity index (χ2n) is 3.18. The second-order valence-corrected chi connectivity index (χ2v) is 4.16. The fourth-order valence-electron chi connectivity index (χ4n) is 1.09. The fourth-order valence-corrected chi connectivity index (χ4v) is 1.86. The maximum absolute atomic E-state index is 11.3. The number of hydrogen-bond acceptors (Lipinski definition) is 4. The normalized spacial score (nSPS) is 20.6. The Morgan fingerprint density at radius 1 is 1.46 bits per heavy atom. The highest BCUT2D eigenvalue weighted by atomic mass is 32.2. The maximum Gasteiger partial charge on any atom is 0.239 e. The molecule has 0 bridgehead atoms. The van der Waals surface area contributed by atoms with Crippen LogP contribution in [0.2, 0.25) is 0 Å². The number of aliphatic hydroxyl groups excluding tert-OH is 1. The molecule has 74 valence electrons. The van der Waals surface area contributed by atoms with Crippen LogP contribution in [0.1, 0.15) is 6.92 Å². The molecule has 1 aliphatic rings. The van der Waals surface area contributed by atoms with Gasteiger partial charge in [0.2, 0.25) is 11.8 Å². The molecule has 4 nitrogen and oxygen atoms in total. The van der Waals surface area contributed by atoms with Gasteiger partial charge in [0.15, 0.2) is 0 Å². The van der Waals surface area contributed by atoms with E-state index in [9.17, 15) is 9.59 Å². The van der Waals surface area contributed by atoms with Gasteiger partial charge in [0.05, 0.1) is 11.5 Å². The van der Waals surface area contributed by atoms with E-state index in [2.05, 4.69) is 0 Å². The van der Waals surface area contributed by atoms with Crippen LogP contribution in [0.4, 0.5) is 0 Å². The Balaban J connectivity index is 2.54. The van der Waals surface area contributed by atoms with Crippen LogP contribution in [0.25, 0.3) is 0 Å². The Hall–Kier alpha value is -0.550. The molecule has 13 heavy (non-hydrogen) atoms. The molecule has 1 fully saturated rings. The van der Waals surface area contributed by atoms with Gasteiger partial charge in [-0.25, -0.2) is 0 Å². The molecule has 2 amide bonds. The van der Waals surface area contributed by atoms with Gasteiger partial charge in [-0.05, 0) is 5.92 Å². The summed E-state index contributed by atoms with van der Waals surface area (Å²) in [7, 11) is 0. The van der Waals surface area contributed by atoms with Crippen molar-refractivity contribution in [2.75, 3.05) is 24.7 Å². The van der Waals surface area contributed by atoms with Gasteiger partial charge < -0.3 is 5.11 Å². The van der Waals surface area contributed by atoms with E-state index in [0.717, 1.165) is 0 Å². The zero-order valence-electron chi connectivity index (χ0n) is 7.52. The molecule has 1 saturated heterocycles. The van der Waals surface area contributed by atoms with Crippen LogP contribution in [0.3, 0.4) is 0 Å². The van der Waals surface area contributed by atoms with Crippen molar-refractivity contribution in [2.45, 2.75) is 6.92 Å². The summed E-state index contributed by atoms with van der Waals surface area (Å²) < 4.78 is 0. The summed E-state index contributed by atoms with van der Waals surface area (Å²) in [6.07, 6.45) is 0. The average molecular weight is 203 g/mol. The van der Waals surface area contributed by atoms with Crippen molar-refractivity contribution < 1.29 is 14.7 Å². The van der Waals surface area contributed by atoms with Crippen LogP contribution in [-0.4, -0.2) is 46.5 Å². The summed E-state index contributed by atoms with van der Waals surface area (Å²) in [5.41, 5.74) is 0. The third-order valence-corrected chi connectivity index (χ3v) is 2.76. The van der Waals surface area contributed by atoms with Crippen molar-refractivity contribution in [2.24, 2.45) is 5.92 Å². The van der Waals surface area contributed by atoms with Crippen LogP contribution in [0, 0.1) is 5.92 Å². The number of rotatable bonds is 3. The minimum atomic E-state index is -0.137. The third kappa shape index (κ3) is 2.70. The molecule has 5 heteroatoms. The molecule has 1 heterocycles. The molecule has 0 radical (unpaired) electrons. The first-order chi connectivity index (χ1) is 6.15. The predicted octanol–water partition coefficient (Wildman–Crippen LogP) is -0.283. The fraction of sp³-hybridized carbons (Fsp3) is 0.750. The SMILES string of the molecule is CC(CO)CN1C(=O)CSCC1=O. The number of hydrogen-bond donors (Lipinski definition) is 1. The van der Waals surface area contributed by atoms with Gasteiger partial charge in [0.1, 0.15) is 0 Å². The largest absolute Gasteiger partial charge is 0.396 e. The van der Waals surface area contributed by atoms with Crippen LogP contribution in [-0.2, 0) is 9.59 Å². The molecular weight excluding hydrogens is 190 g/mol. The Bertz CT molecular complexity index is 203. The molecular formula is C8H13NO3S. The first-order valence-corrected chi connectivity index (χ1v) is 5.32. The molecule has 0 spiro atoms. The van der Waals surface area contributed by atoms with Crippen molar-refractivity contribution in [1.29, 1.82) is 0 Å². The smallest absolute Gasteiger partial charge is 0.239 e. The molecule has 1 aliphatic heterocycles. The van der Waals surface area contributed by atoms with Crippen molar-refractivity contribution in [1.82, 2.24) is 4.90 Å². The summed E-state index contributed by atoms with van der Waals surface area (Å²) in [6, 6.07) is 0. The number of amides is 2. The zero-order valence-corrected chi connectivity index (χ0v) is 8.34. The third-order valence-electron chi connectivity index (χ3n) is 1.86. The number of thioether (sulfide) groups is 1. The van der Waals surface area contributed by atoms with Gasteiger partial charge >= 0.3 is 0 Å². The Kier molecular flexibility index (Phi) is 3.74. The number of carbonyl (C=O) groups excluding carboxylic acids is 2. The van der Waals surface area contributed by atoms with Gasteiger partial charge in [-0.15, -0.1) is 11.8 Å².